The van der Waals surface area contributed by atoms with Crippen molar-refractivity contribution in [2.45, 2.75) is 52.0 Å². The molecule has 6 nitrogen and oxygen atoms in total. The van der Waals surface area contributed by atoms with Crippen LogP contribution >= 0.6 is 0 Å². The van der Waals surface area contributed by atoms with Gasteiger partial charge >= 0.3 is 6.03 Å². The van der Waals surface area contributed by atoms with Gasteiger partial charge in [0.1, 0.15) is 0 Å². The summed E-state index contributed by atoms with van der Waals surface area (Å²) >= 11 is 0. The van der Waals surface area contributed by atoms with Crippen molar-refractivity contribution in [1.29, 1.82) is 0 Å². The molecule has 152 valence electrons. The molecular weight excluding hydrogens is 366 g/mol. The summed E-state index contributed by atoms with van der Waals surface area (Å²) in [5.41, 5.74) is 1.80. The number of carbonyl (C=O) groups is 3. The zero-order valence-electron chi connectivity index (χ0n) is 17.5. The number of benzene rings is 1. The molecular formula is C23H27N3O3. The Kier molecular flexibility index (Phi) is 5.55. The van der Waals surface area contributed by atoms with E-state index < -0.39 is 17.5 Å². The third-order valence-corrected chi connectivity index (χ3v) is 5.42. The lowest BCUT2D eigenvalue weighted by molar-refractivity contribution is -0.130. The van der Waals surface area contributed by atoms with Crippen molar-refractivity contribution in [3.05, 3.63) is 65.0 Å². The quantitative estimate of drug-likeness (QED) is 0.595. The van der Waals surface area contributed by atoms with E-state index in [1.165, 1.54) is 0 Å². The van der Waals surface area contributed by atoms with Gasteiger partial charge in [-0.3, -0.25) is 19.5 Å². The second-order valence-electron chi connectivity index (χ2n) is 8.24. The van der Waals surface area contributed by atoms with Gasteiger partial charge in [-0.1, -0.05) is 52.0 Å². The lowest BCUT2D eigenvalue weighted by Crippen LogP contribution is -2.42. The van der Waals surface area contributed by atoms with Gasteiger partial charge in [0, 0.05) is 11.8 Å². The van der Waals surface area contributed by atoms with Crippen molar-refractivity contribution in [2.75, 3.05) is 6.54 Å². The van der Waals surface area contributed by atoms with Crippen LogP contribution in [0.4, 0.5) is 4.79 Å². The monoisotopic (exact) mass is 393 g/mol. The maximum Gasteiger partial charge on any atom is 0.325 e. The second kappa shape index (κ2) is 7.78. The lowest BCUT2D eigenvalue weighted by Gasteiger charge is -2.21. The Morgan fingerprint density at radius 2 is 1.83 bits per heavy atom. The Hall–Kier alpha value is -3.02. The van der Waals surface area contributed by atoms with Gasteiger partial charge in [0.2, 0.25) is 0 Å². The number of pyridine rings is 1. The lowest BCUT2D eigenvalue weighted by atomic mass is 9.89. The van der Waals surface area contributed by atoms with Crippen LogP contribution in [0.3, 0.4) is 0 Å². The van der Waals surface area contributed by atoms with Crippen LogP contribution in [-0.4, -0.2) is 34.2 Å². The summed E-state index contributed by atoms with van der Waals surface area (Å²) in [4.78, 5) is 43.8. The number of imide groups is 1. The molecule has 6 heteroatoms. The summed E-state index contributed by atoms with van der Waals surface area (Å²) in [7, 11) is 0. The van der Waals surface area contributed by atoms with Crippen molar-refractivity contribution >= 4 is 17.7 Å². The molecule has 1 N–H and O–H groups in total. The predicted octanol–water partition coefficient (Wildman–Crippen LogP) is 3.98. The number of aromatic nitrogens is 1. The molecule has 1 aliphatic rings. The molecule has 29 heavy (non-hydrogen) atoms. The number of hydrogen-bond donors (Lipinski definition) is 1. The predicted molar refractivity (Wildman–Crippen MR) is 111 cm³/mol. The summed E-state index contributed by atoms with van der Waals surface area (Å²) in [5, 5.41) is 2.69. The van der Waals surface area contributed by atoms with Gasteiger partial charge in [-0.05, 0) is 42.0 Å². The van der Waals surface area contributed by atoms with Gasteiger partial charge in [0.15, 0.2) is 11.3 Å². The highest BCUT2D eigenvalue weighted by molar-refractivity contribution is 6.11. The van der Waals surface area contributed by atoms with E-state index in [0.29, 0.717) is 17.2 Å². The van der Waals surface area contributed by atoms with Gasteiger partial charge in [0.25, 0.3) is 5.91 Å². The Morgan fingerprint density at radius 1 is 1.10 bits per heavy atom. The molecule has 2 heterocycles. The van der Waals surface area contributed by atoms with E-state index in [9.17, 15) is 14.4 Å². The van der Waals surface area contributed by atoms with Crippen LogP contribution in [0.2, 0.25) is 0 Å². The maximum atomic E-state index is 13.1. The number of nitrogens with zero attached hydrogens (tertiary/aromatic N) is 2. The summed E-state index contributed by atoms with van der Waals surface area (Å²) in [6.07, 6.45) is 1.57. The average Bonchev–Trinajstić information content (AvgIpc) is 2.92. The Bertz CT molecular complexity index is 953. The molecule has 1 saturated heterocycles. The zero-order valence-corrected chi connectivity index (χ0v) is 17.5. The standard InChI is InChI=1S/C23H27N3O3/c1-14(2)16-9-10-17(18(12-16)15(3)4)19(27)13-26-21(28)23(5,25-22(26)29)20-8-6-7-11-24-20/h6-12,14-15H,13H2,1-5H3,(H,25,29). The Balaban J connectivity index is 1.88. The van der Waals surface area contributed by atoms with E-state index in [0.717, 1.165) is 16.0 Å². The molecule has 1 fully saturated rings. The van der Waals surface area contributed by atoms with E-state index in [1.807, 2.05) is 32.0 Å². The number of nitrogens with one attached hydrogen (secondary N) is 1. The number of amides is 3. The molecule has 1 aliphatic heterocycles. The molecule has 1 atom stereocenters. The SMILES string of the molecule is CC(C)c1ccc(C(=O)CN2C(=O)NC(C)(c3ccccn3)C2=O)c(C(C)C)c1. The first-order valence-corrected chi connectivity index (χ1v) is 9.87. The van der Waals surface area contributed by atoms with Crippen molar-refractivity contribution in [1.82, 2.24) is 15.2 Å². The summed E-state index contributed by atoms with van der Waals surface area (Å²) < 4.78 is 0. The highest BCUT2D eigenvalue weighted by Gasteiger charge is 2.50. The van der Waals surface area contributed by atoms with Crippen LogP contribution in [0.5, 0.6) is 0 Å². The van der Waals surface area contributed by atoms with E-state index in [1.54, 1.807) is 31.3 Å². The Morgan fingerprint density at radius 3 is 2.41 bits per heavy atom. The van der Waals surface area contributed by atoms with Crippen LogP contribution in [0.1, 0.15) is 73.6 Å². The van der Waals surface area contributed by atoms with Gasteiger partial charge < -0.3 is 5.32 Å². The molecule has 3 rings (SSSR count). The number of carbonyl (C=O) groups excluding carboxylic acids is 3. The van der Waals surface area contributed by atoms with Crippen molar-refractivity contribution in [2.24, 2.45) is 0 Å². The first kappa shape index (κ1) is 20.7. The summed E-state index contributed by atoms with van der Waals surface area (Å²) in [6.45, 7) is 9.58. The minimum absolute atomic E-state index is 0.148. The molecule has 0 saturated carbocycles. The smallest absolute Gasteiger partial charge is 0.318 e. The highest BCUT2D eigenvalue weighted by atomic mass is 16.2. The minimum Gasteiger partial charge on any atom is -0.318 e. The molecule has 1 unspecified atom stereocenters. The van der Waals surface area contributed by atoms with E-state index in [4.69, 9.17) is 0 Å². The van der Waals surface area contributed by atoms with E-state index in [-0.39, 0.29) is 18.2 Å². The fraction of sp³-hybridized carbons (Fsp3) is 0.391. The third kappa shape index (κ3) is 3.79. The van der Waals surface area contributed by atoms with Crippen LogP contribution < -0.4 is 5.32 Å². The fourth-order valence-corrected chi connectivity index (χ4v) is 3.57. The zero-order chi connectivity index (χ0) is 21.3. The summed E-state index contributed by atoms with van der Waals surface area (Å²) in [5.74, 6) is -0.228. The van der Waals surface area contributed by atoms with Crippen LogP contribution in [0.15, 0.2) is 42.6 Å². The molecule has 0 radical (unpaired) electrons. The molecule has 0 bridgehead atoms. The van der Waals surface area contributed by atoms with Gasteiger partial charge in [-0.15, -0.1) is 0 Å². The van der Waals surface area contributed by atoms with Crippen LogP contribution in [-0.2, 0) is 10.3 Å². The Labute approximate surface area is 171 Å². The molecule has 0 spiro atoms. The molecule has 1 aromatic heterocycles. The van der Waals surface area contributed by atoms with Crippen LogP contribution in [0.25, 0.3) is 0 Å². The average molecular weight is 393 g/mol. The number of Topliss-reactive ketones (excluding diaryl/α,β-unsaturated/α-hetero) is 1. The van der Waals surface area contributed by atoms with Gasteiger partial charge in [-0.2, -0.15) is 0 Å². The first-order valence-electron chi connectivity index (χ1n) is 9.87. The third-order valence-electron chi connectivity index (χ3n) is 5.42. The minimum atomic E-state index is -1.28. The molecule has 1 aromatic carbocycles. The van der Waals surface area contributed by atoms with E-state index in [2.05, 4.69) is 24.1 Å². The second-order valence-corrected chi connectivity index (χ2v) is 8.24. The van der Waals surface area contributed by atoms with E-state index >= 15 is 0 Å². The van der Waals surface area contributed by atoms with Crippen LogP contribution in [0, 0.1) is 0 Å². The molecule has 2 aromatic rings. The number of ketones is 1. The first-order chi connectivity index (χ1) is 13.6. The largest absolute Gasteiger partial charge is 0.325 e. The molecule has 0 aliphatic carbocycles. The normalized spacial score (nSPS) is 19.2. The maximum absolute atomic E-state index is 13.1. The topological polar surface area (TPSA) is 79.4 Å². The fourth-order valence-electron chi connectivity index (χ4n) is 3.57. The van der Waals surface area contributed by atoms with Gasteiger partial charge in [-0.25, -0.2) is 4.79 Å². The van der Waals surface area contributed by atoms with Crippen molar-refractivity contribution in [3.8, 4) is 0 Å². The number of rotatable bonds is 6. The molecule has 3 amide bonds. The van der Waals surface area contributed by atoms with Crippen molar-refractivity contribution < 1.29 is 14.4 Å². The summed E-state index contributed by atoms with van der Waals surface area (Å²) in [6, 6.07) is 10.4. The number of hydrogen-bond acceptors (Lipinski definition) is 4. The van der Waals surface area contributed by atoms with Gasteiger partial charge in [0.05, 0.1) is 12.2 Å². The van der Waals surface area contributed by atoms with Crippen molar-refractivity contribution in [3.63, 3.8) is 0 Å². The number of urea groups is 1. The highest BCUT2D eigenvalue weighted by Crippen LogP contribution is 2.29.